The van der Waals surface area contributed by atoms with Crippen LogP contribution in [0.3, 0.4) is 0 Å². The Bertz CT molecular complexity index is 134. The van der Waals surface area contributed by atoms with Crippen LogP contribution in [0.15, 0.2) is 0 Å². The van der Waals surface area contributed by atoms with E-state index in [1.807, 2.05) is 0 Å². The Morgan fingerprint density at radius 3 is 2.36 bits per heavy atom. The first kappa shape index (κ1) is 12.0. The molecule has 0 radical (unpaired) electrons. The molecule has 84 valence electrons. The summed E-state index contributed by atoms with van der Waals surface area (Å²) in [5.41, 5.74) is 0. The van der Waals surface area contributed by atoms with Gasteiger partial charge in [0.05, 0.1) is 0 Å². The van der Waals surface area contributed by atoms with Crippen LogP contribution in [0.25, 0.3) is 0 Å². The highest BCUT2D eigenvalue weighted by Crippen LogP contribution is 2.22. The van der Waals surface area contributed by atoms with E-state index >= 15 is 0 Å². The molecular weight excluding hydrogens is 170 g/mol. The first-order valence-corrected chi connectivity index (χ1v) is 6.37. The third kappa shape index (κ3) is 4.99. The molecule has 14 heavy (non-hydrogen) atoms. The minimum absolute atomic E-state index is 0.896. The number of piperidine rings is 1. The first-order valence-electron chi connectivity index (χ1n) is 6.37. The highest BCUT2D eigenvalue weighted by Gasteiger charge is 2.15. The lowest BCUT2D eigenvalue weighted by Crippen LogP contribution is -2.30. The second-order valence-corrected chi connectivity index (χ2v) is 5.42. The molecule has 0 unspecified atom stereocenters. The Morgan fingerprint density at radius 2 is 1.79 bits per heavy atom. The summed E-state index contributed by atoms with van der Waals surface area (Å²) >= 11 is 0. The minimum Gasteiger partial charge on any atom is -0.306 e. The van der Waals surface area contributed by atoms with Gasteiger partial charge in [-0.15, -0.1) is 0 Å². The molecule has 1 aliphatic rings. The Balaban J connectivity index is 1.96. The van der Waals surface area contributed by atoms with E-state index in [1.54, 1.807) is 0 Å². The minimum atomic E-state index is 0.896. The van der Waals surface area contributed by atoms with Crippen LogP contribution in [-0.2, 0) is 0 Å². The molecule has 0 aliphatic carbocycles. The smallest absolute Gasteiger partial charge is 0.00191 e. The van der Waals surface area contributed by atoms with Gasteiger partial charge in [-0.3, -0.25) is 0 Å². The van der Waals surface area contributed by atoms with Crippen molar-refractivity contribution in [3.8, 4) is 0 Å². The van der Waals surface area contributed by atoms with Crippen LogP contribution in [0.1, 0.15) is 52.4 Å². The Hall–Kier alpha value is -0.0400. The zero-order valence-electron chi connectivity index (χ0n) is 10.3. The molecule has 0 aromatic heterocycles. The molecule has 1 heteroatoms. The van der Waals surface area contributed by atoms with Gasteiger partial charge >= 0.3 is 0 Å². The second kappa shape index (κ2) is 6.44. The molecule has 0 aromatic carbocycles. The van der Waals surface area contributed by atoms with E-state index in [4.69, 9.17) is 0 Å². The third-order valence-electron chi connectivity index (χ3n) is 3.48. The Kier molecular flexibility index (Phi) is 5.54. The van der Waals surface area contributed by atoms with Gasteiger partial charge in [-0.1, -0.05) is 39.5 Å². The Labute approximate surface area is 89.9 Å². The van der Waals surface area contributed by atoms with Gasteiger partial charge in [0.25, 0.3) is 0 Å². The van der Waals surface area contributed by atoms with Crippen molar-refractivity contribution in [1.29, 1.82) is 0 Å². The van der Waals surface area contributed by atoms with E-state index in [1.165, 1.54) is 51.6 Å². The van der Waals surface area contributed by atoms with Crippen molar-refractivity contribution in [3.05, 3.63) is 0 Å². The van der Waals surface area contributed by atoms with E-state index < -0.39 is 0 Å². The average Bonchev–Trinajstić information content (AvgIpc) is 2.15. The summed E-state index contributed by atoms with van der Waals surface area (Å²) in [6.45, 7) is 7.31. The molecular formula is C13H27N. The van der Waals surface area contributed by atoms with Crippen LogP contribution in [0.5, 0.6) is 0 Å². The van der Waals surface area contributed by atoms with Crippen LogP contribution in [0.4, 0.5) is 0 Å². The van der Waals surface area contributed by atoms with E-state index in [0.717, 1.165) is 11.8 Å². The van der Waals surface area contributed by atoms with Crippen LogP contribution >= 0.6 is 0 Å². The summed E-state index contributed by atoms with van der Waals surface area (Å²) in [5, 5.41) is 0. The quantitative estimate of drug-likeness (QED) is 0.609. The van der Waals surface area contributed by atoms with Crippen LogP contribution < -0.4 is 0 Å². The van der Waals surface area contributed by atoms with E-state index in [2.05, 4.69) is 25.8 Å². The summed E-state index contributed by atoms with van der Waals surface area (Å²) in [6.07, 6.45) is 8.71. The number of hydrogen-bond acceptors (Lipinski definition) is 1. The van der Waals surface area contributed by atoms with Crippen molar-refractivity contribution >= 4 is 0 Å². The van der Waals surface area contributed by atoms with Crippen molar-refractivity contribution < 1.29 is 0 Å². The fraction of sp³-hybridized carbons (Fsp3) is 1.00. The molecule has 0 saturated carbocycles. The summed E-state index contributed by atoms with van der Waals surface area (Å²) in [7, 11) is 2.25. The summed E-state index contributed by atoms with van der Waals surface area (Å²) < 4.78 is 0. The van der Waals surface area contributed by atoms with Crippen molar-refractivity contribution in [2.45, 2.75) is 52.4 Å². The maximum atomic E-state index is 2.46. The van der Waals surface area contributed by atoms with Gasteiger partial charge in [0.15, 0.2) is 0 Å². The van der Waals surface area contributed by atoms with E-state index in [0.29, 0.717) is 0 Å². The molecule has 0 amide bonds. The molecule has 0 N–H and O–H groups in total. The number of nitrogens with zero attached hydrogens (tertiary/aromatic N) is 1. The number of rotatable bonds is 5. The summed E-state index contributed by atoms with van der Waals surface area (Å²) in [6, 6.07) is 0. The highest BCUT2D eigenvalue weighted by molar-refractivity contribution is 4.69. The molecule has 0 spiro atoms. The van der Waals surface area contributed by atoms with Crippen LogP contribution in [0.2, 0.25) is 0 Å². The van der Waals surface area contributed by atoms with Crippen molar-refractivity contribution in [1.82, 2.24) is 4.90 Å². The van der Waals surface area contributed by atoms with E-state index in [9.17, 15) is 0 Å². The lowest BCUT2D eigenvalue weighted by molar-refractivity contribution is 0.209. The third-order valence-corrected chi connectivity index (χ3v) is 3.48. The van der Waals surface area contributed by atoms with E-state index in [-0.39, 0.29) is 0 Å². The van der Waals surface area contributed by atoms with Crippen molar-refractivity contribution in [2.75, 3.05) is 20.1 Å². The number of unbranched alkanes of at least 4 members (excludes halogenated alkanes) is 1. The lowest BCUT2D eigenvalue weighted by Gasteiger charge is -2.28. The maximum Gasteiger partial charge on any atom is -0.00191 e. The zero-order valence-corrected chi connectivity index (χ0v) is 10.3. The van der Waals surface area contributed by atoms with Gasteiger partial charge in [-0.2, -0.15) is 0 Å². The molecule has 0 aromatic rings. The standard InChI is InChI=1S/C13H27N/c1-12(2)6-4-5-7-13-8-10-14(3)11-9-13/h12-13H,4-11H2,1-3H3. The second-order valence-electron chi connectivity index (χ2n) is 5.42. The van der Waals surface area contributed by atoms with Gasteiger partial charge in [-0.25, -0.2) is 0 Å². The molecule has 1 saturated heterocycles. The monoisotopic (exact) mass is 197 g/mol. The molecule has 1 aliphatic heterocycles. The molecule has 0 bridgehead atoms. The van der Waals surface area contributed by atoms with Crippen LogP contribution in [0, 0.1) is 11.8 Å². The number of likely N-dealkylation sites (tertiary alicyclic amines) is 1. The predicted molar refractivity (Wildman–Crippen MR) is 63.5 cm³/mol. The van der Waals surface area contributed by atoms with Crippen molar-refractivity contribution in [3.63, 3.8) is 0 Å². The highest BCUT2D eigenvalue weighted by atomic mass is 15.1. The fourth-order valence-corrected chi connectivity index (χ4v) is 2.34. The maximum absolute atomic E-state index is 2.46. The van der Waals surface area contributed by atoms with Crippen LogP contribution in [-0.4, -0.2) is 25.0 Å². The van der Waals surface area contributed by atoms with Gasteiger partial charge < -0.3 is 4.90 Å². The molecule has 0 atom stereocenters. The fourth-order valence-electron chi connectivity index (χ4n) is 2.34. The molecule has 1 rings (SSSR count). The SMILES string of the molecule is CC(C)CCCCC1CCN(C)CC1. The van der Waals surface area contributed by atoms with Gasteiger partial charge in [-0.05, 0) is 44.8 Å². The van der Waals surface area contributed by atoms with Gasteiger partial charge in [0.1, 0.15) is 0 Å². The number of hydrogen-bond donors (Lipinski definition) is 0. The summed E-state index contributed by atoms with van der Waals surface area (Å²) in [5.74, 6) is 1.94. The average molecular weight is 197 g/mol. The largest absolute Gasteiger partial charge is 0.306 e. The Morgan fingerprint density at radius 1 is 1.14 bits per heavy atom. The van der Waals surface area contributed by atoms with Gasteiger partial charge in [0, 0.05) is 0 Å². The lowest BCUT2D eigenvalue weighted by atomic mass is 9.91. The molecule has 1 nitrogen and oxygen atoms in total. The molecule has 1 heterocycles. The normalized spacial score (nSPS) is 20.6. The topological polar surface area (TPSA) is 3.24 Å². The predicted octanol–water partition coefficient (Wildman–Crippen LogP) is 3.54. The first-order chi connectivity index (χ1) is 6.68. The van der Waals surface area contributed by atoms with Gasteiger partial charge in [0.2, 0.25) is 0 Å². The zero-order chi connectivity index (χ0) is 10.4. The molecule has 1 fully saturated rings. The summed E-state index contributed by atoms with van der Waals surface area (Å²) in [4.78, 5) is 2.46. The van der Waals surface area contributed by atoms with Crippen molar-refractivity contribution in [2.24, 2.45) is 11.8 Å².